The average molecular weight is 371 g/mol. The molecule has 0 aromatic carbocycles. The Balaban J connectivity index is 2.41. The number of aromatic nitrogens is 1. The minimum Gasteiger partial charge on any atom is -0.478 e. The lowest BCUT2D eigenvalue weighted by Gasteiger charge is -2.26. The first kappa shape index (κ1) is 19.5. The SMILES string of the molecule is COCCN(CC1CC1C)c1cc(C(=O)O)cc(N(C)S(C)(=O)=O)n1. The standard InChI is InChI=1S/C16H25N3O5S/c1-11-7-13(11)10-19(5-6-24-3)15-9-12(16(20)21)8-14(17-15)18(2)25(4,22)23/h8-9,11,13H,5-7,10H2,1-4H3,(H,20,21). The second kappa shape index (κ2) is 7.57. The van der Waals surface area contributed by atoms with Gasteiger partial charge in [-0.25, -0.2) is 18.2 Å². The number of hydrogen-bond acceptors (Lipinski definition) is 6. The summed E-state index contributed by atoms with van der Waals surface area (Å²) in [5, 5.41) is 9.37. The van der Waals surface area contributed by atoms with Crippen molar-refractivity contribution in [3.05, 3.63) is 17.7 Å². The zero-order valence-electron chi connectivity index (χ0n) is 15.0. The molecule has 2 unspecified atom stereocenters. The van der Waals surface area contributed by atoms with Crippen molar-refractivity contribution >= 4 is 27.6 Å². The van der Waals surface area contributed by atoms with Crippen LogP contribution < -0.4 is 9.21 Å². The fraction of sp³-hybridized carbons (Fsp3) is 0.625. The van der Waals surface area contributed by atoms with Crippen LogP contribution in [0.5, 0.6) is 0 Å². The third-order valence-electron chi connectivity index (χ3n) is 4.49. The van der Waals surface area contributed by atoms with Gasteiger partial charge in [0.15, 0.2) is 0 Å². The summed E-state index contributed by atoms with van der Waals surface area (Å²) in [5.74, 6) is 0.567. The zero-order chi connectivity index (χ0) is 18.8. The monoisotopic (exact) mass is 371 g/mol. The molecule has 8 nitrogen and oxygen atoms in total. The highest BCUT2D eigenvalue weighted by Crippen LogP contribution is 2.39. The van der Waals surface area contributed by atoms with E-state index in [2.05, 4.69) is 11.9 Å². The van der Waals surface area contributed by atoms with Crippen LogP contribution in [0.3, 0.4) is 0 Å². The van der Waals surface area contributed by atoms with E-state index in [1.807, 2.05) is 4.90 Å². The number of ether oxygens (including phenoxy) is 1. The molecule has 0 aliphatic heterocycles. The van der Waals surface area contributed by atoms with E-state index in [4.69, 9.17) is 4.74 Å². The average Bonchev–Trinajstić information content (AvgIpc) is 3.24. The van der Waals surface area contributed by atoms with Crippen molar-refractivity contribution in [1.29, 1.82) is 0 Å². The summed E-state index contributed by atoms with van der Waals surface area (Å²) in [6.07, 6.45) is 2.18. The second-order valence-corrected chi connectivity index (χ2v) is 8.53. The van der Waals surface area contributed by atoms with Gasteiger partial charge in [-0.2, -0.15) is 0 Å². The molecule has 0 spiro atoms. The third kappa shape index (κ3) is 5.05. The minimum atomic E-state index is -3.54. The van der Waals surface area contributed by atoms with Gasteiger partial charge in [0.25, 0.3) is 0 Å². The normalized spacial score (nSPS) is 19.5. The van der Waals surface area contributed by atoms with Crippen LogP contribution in [0.15, 0.2) is 12.1 Å². The molecule has 0 amide bonds. The van der Waals surface area contributed by atoms with Crippen molar-refractivity contribution in [3.8, 4) is 0 Å². The predicted molar refractivity (Wildman–Crippen MR) is 95.8 cm³/mol. The maximum atomic E-state index is 11.8. The lowest BCUT2D eigenvalue weighted by molar-refractivity contribution is 0.0697. The first-order valence-electron chi connectivity index (χ1n) is 8.06. The number of carboxylic acid groups (broad SMARTS) is 1. The summed E-state index contributed by atoms with van der Waals surface area (Å²) in [6.45, 7) is 3.93. The molecule has 2 rings (SSSR count). The smallest absolute Gasteiger partial charge is 0.335 e. The van der Waals surface area contributed by atoms with E-state index >= 15 is 0 Å². The fourth-order valence-electron chi connectivity index (χ4n) is 2.56. The Kier molecular flexibility index (Phi) is 5.89. The number of aromatic carboxylic acids is 1. The van der Waals surface area contributed by atoms with Gasteiger partial charge in [0.2, 0.25) is 10.0 Å². The Morgan fingerprint density at radius 2 is 2.00 bits per heavy atom. The molecule has 1 aliphatic carbocycles. The maximum Gasteiger partial charge on any atom is 0.335 e. The van der Waals surface area contributed by atoms with Crippen molar-refractivity contribution in [2.24, 2.45) is 11.8 Å². The third-order valence-corrected chi connectivity index (χ3v) is 5.67. The Morgan fingerprint density at radius 1 is 1.40 bits per heavy atom. The number of nitrogens with zero attached hydrogens (tertiary/aromatic N) is 3. The van der Waals surface area contributed by atoms with Gasteiger partial charge < -0.3 is 14.7 Å². The molecule has 140 valence electrons. The molecule has 2 atom stereocenters. The zero-order valence-corrected chi connectivity index (χ0v) is 15.8. The fourth-order valence-corrected chi connectivity index (χ4v) is 2.99. The highest BCUT2D eigenvalue weighted by atomic mass is 32.2. The summed E-state index contributed by atoms with van der Waals surface area (Å²) >= 11 is 0. The van der Waals surface area contributed by atoms with E-state index in [-0.39, 0.29) is 11.4 Å². The topological polar surface area (TPSA) is 100 Å². The molecule has 1 heterocycles. The number of hydrogen-bond donors (Lipinski definition) is 1. The van der Waals surface area contributed by atoms with Crippen LogP contribution in [0, 0.1) is 11.8 Å². The molecule has 1 N–H and O–H groups in total. The molecule has 1 aliphatic rings. The first-order chi connectivity index (χ1) is 11.6. The quantitative estimate of drug-likeness (QED) is 0.698. The molecular weight excluding hydrogens is 346 g/mol. The van der Waals surface area contributed by atoms with Crippen LogP contribution >= 0.6 is 0 Å². The van der Waals surface area contributed by atoms with E-state index in [1.54, 1.807) is 7.11 Å². The summed E-state index contributed by atoms with van der Waals surface area (Å²) in [6, 6.07) is 2.74. The van der Waals surface area contributed by atoms with Gasteiger partial charge in [-0.05, 0) is 30.4 Å². The highest BCUT2D eigenvalue weighted by Gasteiger charge is 2.34. The molecule has 0 saturated heterocycles. The molecule has 25 heavy (non-hydrogen) atoms. The lowest BCUT2D eigenvalue weighted by atomic mass is 10.2. The number of rotatable bonds is 9. The Bertz CT molecular complexity index is 737. The number of anilines is 2. The van der Waals surface area contributed by atoms with Crippen LogP contribution in [-0.4, -0.2) is 64.6 Å². The molecule has 9 heteroatoms. The van der Waals surface area contributed by atoms with Gasteiger partial charge in [0.05, 0.1) is 18.4 Å². The van der Waals surface area contributed by atoms with Crippen molar-refractivity contribution in [2.75, 3.05) is 49.3 Å². The van der Waals surface area contributed by atoms with Crippen LogP contribution in [0.2, 0.25) is 0 Å². The largest absolute Gasteiger partial charge is 0.478 e. The van der Waals surface area contributed by atoms with Crippen molar-refractivity contribution < 1.29 is 23.1 Å². The van der Waals surface area contributed by atoms with Gasteiger partial charge in [-0.1, -0.05) is 6.92 Å². The van der Waals surface area contributed by atoms with E-state index in [0.29, 0.717) is 30.8 Å². The summed E-state index contributed by atoms with van der Waals surface area (Å²) in [4.78, 5) is 17.8. The van der Waals surface area contributed by atoms with E-state index in [9.17, 15) is 18.3 Å². The van der Waals surface area contributed by atoms with Crippen LogP contribution in [0.25, 0.3) is 0 Å². The van der Waals surface area contributed by atoms with Crippen molar-refractivity contribution in [1.82, 2.24) is 4.98 Å². The van der Waals surface area contributed by atoms with Crippen LogP contribution in [0.4, 0.5) is 11.6 Å². The van der Waals surface area contributed by atoms with Crippen LogP contribution in [-0.2, 0) is 14.8 Å². The second-order valence-electron chi connectivity index (χ2n) is 6.52. The van der Waals surface area contributed by atoms with E-state index < -0.39 is 16.0 Å². The van der Waals surface area contributed by atoms with E-state index in [0.717, 1.165) is 23.5 Å². The number of pyridine rings is 1. The van der Waals surface area contributed by atoms with Crippen molar-refractivity contribution in [3.63, 3.8) is 0 Å². The van der Waals surface area contributed by atoms with Gasteiger partial charge in [0, 0.05) is 27.2 Å². The number of sulfonamides is 1. The lowest BCUT2D eigenvalue weighted by Crippen LogP contribution is -2.32. The number of methoxy groups -OCH3 is 1. The summed E-state index contributed by atoms with van der Waals surface area (Å²) in [7, 11) is -0.587. The Morgan fingerprint density at radius 3 is 2.48 bits per heavy atom. The van der Waals surface area contributed by atoms with Gasteiger partial charge in [-0.15, -0.1) is 0 Å². The first-order valence-corrected chi connectivity index (χ1v) is 9.91. The summed E-state index contributed by atoms with van der Waals surface area (Å²) in [5.41, 5.74) is 0.00163. The molecule has 1 saturated carbocycles. The predicted octanol–water partition coefficient (Wildman–Crippen LogP) is 1.28. The molecule has 1 aromatic heterocycles. The van der Waals surface area contributed by atoms with Gasteiger partial charge in [0.1, 0.15) is 11.6 Å². The number of carboxylic acids is 1. The molecule has 1 fully saturated rings. The van der Waals surface area contributed by atoms with Gasteiger partial charge >= 0.3 is 5.97 Å². The Labute approximate surface area is 148 Å². The highest BCUT2D eigenvalue weighted by molar-refractivity contribution is 7.92. The van der Waals surface area contributed by atoms with E-state index in [1.165, 1.54) is 19.2 Å². The van der Waals surface area contributed by atoms with Crippen LogP contribution in [0.1, 0.15) is 23.7 Å². The maximum absolute atomic E-state index is 11.8. The number of carbonyl (C=O) groups is 1. The summed E-state index contributed by atoms with van der Waals surface area (Å²) < 4.78 is 29.7. The Hall–Kier alpha value is -1.87. The minimum absolute atomic E-state index is 0.00163. The molecule has 0 bridgehead atoms. The molecule has 1 aromatic rings. The van der Waals surface area contributed by atoms with Gasteiger partial charge in [-0.3, -0.25) is 4.31 Å². The van der Waals surface area contributed by atoms with Crippen molar-refractivity contribution in [2.45, 2.75) is 13.3 Å². The molecule has 0 radical (unpaired) electrons. The molecular formula is C16H25N3O5S.